The van der Waals surface area contributed by atoms with Gasteiger partial charge in [0.1, 0.15) is 5.69 Å². The summed E-state index contributed by atoms with van der Waals surface area (Å²) < 4.78 is 5.50. The molecule has 2 fully saturated rings. The van der Waals surface area contributed by atoms with E-state index in [0.717, 1.165) is 36.9 Å². The molecule has 0 spiro atoms. The summed E-state index contributed by atoms with van der Waals surface area (Å²) in [7, 11) is 0. The molecule has 2 aliphatic heterocycles. The molecule has 98 valence electrons. The molecule has 0 aromatic carbocycles. The van der Waals surface area contributed by atoms with Gasteiger partial charge in [-0.15, -0.1) is 11.3 Å². The number of nitrogens with zero attached hydrogens (tertiary/aromatic N) is 2. The highest BCUT2D eigenvalue weighted by molar-refractivity contribution is 8.00. The van der Waals surface area contributed by atoms with Crippen molar-refractivity contribution < 1.29 is 9.53 Å². The zero-order chi connectivity index (χ0) is 12.5. The minimum absolute atomic E-state index is 0.0940. The van der Waals surface area contributed by atoms with Crippen LogP contribution in [-0.4, -0.2) is 52.6 Å². The molecule has 18 heavy (non-hydrogen) atoms. The second-order valence-corrected chi connectivity index (χ2v) is 7.00. The maximum Gasteiger partial charge on any atom is 0.273 e. The Morgan fingerprint density at radius 2 is 2.50 bits per heavy atom. The van der Waals surface area contributed by atoms with E-state index < -0.39 is 0 Å². The Bertz CT molecular complexity index is 447. The van der Waals surface area contributed by atoms with Gasteiger partial charge in [0.2, 0.25) is 0 Å². The van der Waals surface area contributed by atoms with Crippen molar-refractivity contribution in [1.82, 2.24) is 9.88 Å². The van der Waals surface area contributed by atoms with E-state index in [1.54, 1.807) is 0 Å². The zero-order valence-corrected chi connectivity index (χ0v) is 11.9. The summed E-state index contributed by atoms with van der Waals surface area (Å²) in [5.41, 5.74) is 0.606. The fourth-order valence-electron chi connectivity index (χ4n) is 2.55. The standard InChI is InChI=1S/C12H16N2O2S2/c1-8-13-9(7-18-8)12(15)14-3-5-17-11-6-16-4-2-10(11)14/h7,10-11H,2-6H2,1H3. The van der Waals surface area contributed by atoms with Gasteiger partial charge in [-0.3, -0.25) is 4.79 Å². The predicted molar refractivity (Wildman–Crippen MR) is 73.4 cm³/mol. The molecule has 4 nitrogen and oxygen atoms in total. The number of amides is 1. The predicted octanol–water partition coefficient (Wildman–Crippen LogP) is 1.80. The molecule has 1 amide bonds. The van der Waals surface area contributed by atoms with E-state index in [1.165, 1.54) is 11.3 Å². The molecule has 0 saturated carbocycles. The van der Waals surface area contributed by atoms with Gasteiger partial charge in [0.05, 0.1) is 11.6 Å². The van der Waals surface area contributed by atoms with E-state index in [1.807, 2.05) is 29.0 Å². The van der Waals surface area contributed by atoms with Crippen molar-refractivity contribution in [3.8, 4) is 0 Å². The van der Waals surface area contributed by atoms with Crippen LogP contribution >= 0.6 is 23.1 Å². The first kappa shape index (κ1) is 12.4. The summed E-state index contributed by atoms with van der Waals surface area (Å²) in [6.07, 6.45) is 0.951. The monoisotopic (exact) mass is 284 g/mol. The Kier molecular flexibility index (Phi) is 3.59. The average Bonchev–Trinajstić information content (AvgIpc) is 2.84. The molecular formula is C12H16N2O2S2. The van der Waals surface area contributed by atoms with Gasteiger partial charge in [0.15, 0.2) is 0 Å². The lowest BCUT2D eigenvalue weighted by Gasteiger charge is -2.43. The number of rotatable bonds is 1. The maximum absolute atomic E-state index is 12.5. The first-order valence-electron chi connectivity index (χ1n) is 6.18. The quantitative estimate of drug-likeness (QED) is 0.788. The second-order valence-electron chi connectivity index (χ2n) is 4.59. The van der Waals surface area contributed by atoms with Crippen LogP contribution < -0.4 is 0 Å². The van der Waals surface area contributed by atoms with Gasteiger partial charge in [0, 0.05) is 35.6 Å². The number of aryl methyl sites for hydroxylation is 1. The number of aromatic nitrogens is 1. The Balaban J connectivity index is 1.79. The number of thiazole rings is 1. The molecule has 1 aromatic rings. The van der Waals surface area contributed by atoms with Crippen molar-refractivity contribution in [3.05, 3.63) is 16.1 Å². The van der Waals surface area contributed by atoms with E-state index in [4.69, 9.17) is 4.74 Å². The molecule has 0 aliphatic carbocycles. The van der Waals surface area contributed by atoms with E-state index in [9.17, 15) is 4.79 Å². The Morgan fingerprint density at radius 3 is 3.28 bits per heavy atom. The summed E-state index contributed by atoms with van der Waals surface area (Å²) in [5.74, 6) is 1.09. The average molecular weight is 284 g/mol. The van der Waals surface area contributed by atoms with Crippen LogP contribution in [0.25, 0.3) is 0 Å². The highest BCUT2D eigenvalue weighted by atomic mass is 32.2. The molecule has 0 bridgehead atoms. The minimum Gasteiger partial charge on any atom is -0.380 e. The third-order valence-electron chi connectivity index (χ3n) is 3.43. The lowest BCUT2D eigenvalue weighted by Crippen LogP contribution is -2.54. The molecule has 0 N–H and O–H groups in total. The first-order valence-corrected chi connectivity index (χ1v) is 8.11. The smallest absolute Gasteiger partial charge is 0.273 e. The molecule has 2 aliphatic rings. The zero-order valence-electron chi connectivity index (χ0n) is 10.3. The summed E-state index contributed by atoms with van der Waals surface area (Å²) in [6.45, 7) is 4.31. The van der Waals surface area contributed by atoms with E-state index in [0.29, 0.717) is 17.0 Å². The normalized spacial score (nSPS) is 27.9. The van der Waals surface area contributed by atoms with Crippen LogP contribution in [0.4, 0.5) is 0 Å². The number of thioether (sulfide) groups is 1. The summed E-state index contributed by atoms with van der Waals surface area (Å²) in [4.78, 5) is 18.8. The fourth-order valence-corrected chi connectivity index (χ4v) is 4.43. The molecule has 2 saturated heterocycles. The number of fused-ring (bicyclic) bond motifs is 1. The molecule has 3 heterocycles. The summed E-state index contributed by atoms with van der Waals surface area (Å²) >= 11 is 3.47. The first-order chi connectivity index (χ1) is 8.75. The number of carbonyl (C=O) groups excluding carboxylic acids is 1. The molecule has 6 heteroatoms. The van der Waals surface area contributed by atoms with Gasteiger partial charge in [-0.05, 0) is 13.3 Å². The Labute approximate surface area is 115 Å². The van der Waals surface area contributed by atoms with Gasteiger partial charge in [-0.1, -0.05) is 0 Å². The lowest BCUT2D eigenvalue weighted by atomic mass is 10.1. The van der Waals surface area contributed by atoms with Gasteiger partial charge < -0.3 is 9.64 Å². The maximum atomic E-state index is 12.5. The molecule has 2 unspecified atom stereocenters. The Hall–Kier alpha value is -0.590. The van der Waals surface area contributed by atoms with Crippen LogP contribution in [0, 0.1) is 6.92 Å². The lowest BCUT2D eigenvalue weighted by molar-refractivity contribution is 0.0316. The SMILES string of the molecule is Cc1nc(C(=O)N2CCSC3COCCC32)cs1. The molecule has 0 radical (unpaired) electrons. The van der Waals surface area contributed by atoms with Gasteiger partial charge >= 0.3 is 0 Å². The van der Waals surface area contributed by atoms with Crippen molar-refractivity contribution in [1.29, 1.82) is 0 Å². The van der Waals surface area contributed by atoms with Crippen LogP contribution in [0.5, 0.6) is 0 Å². The van der Waals surface area contributed by atoms with Crippen molar-refractivity contribution in [2.45, 2.75) is 24.6 Å². The fraction of sp³-hybridized carbons (Fsp3) is 0.667. The minimum atomic E-state index is 0.0940. The Morgan fingerprint density at radius 1 is 1.61 bits per heavy atom. The van der Waals surface area contributed by atoms with Crippen molar-refractivity contribution in [3.63, 3.8) is 0 Å². The highest BCUT2D eigenvalue weighted by Gasteiger charge is 2.37. The third kappa shape index (κ3) is 2.29. The highest BCUT2D eigenvalue weighted by Crippen LogP contribution is 2.31. The second kappa shape index (κ2) is 5.19. The molecule has 3 rings (SSSR count). The molecule has 1 aromatic heterocycles. The van der Waals surface area contributed by atoms with Crippen LogP contribution in [-0.2, 0) is 4.74 Å². The van der Waals surface area contributed by atoms with Crippen molar-refractivity contribution in [2.75, 3.05) is 25.5 Å². The molecule has 2 atom stereocenters. The van der Waals surface area contributed by atoms with Crippen LogP contribution in [0.2, 0.25) is 0 Å². The van der Waals surface area contributed by atoms with E-state index in [-0.39, 0.29) is 5.91 Å². The topological polar surface area (TPSA) is 42.4 Å². The van der Waals surface area contributed by atoms with E-state index in [2.05, 4.69) is 4.98 Å². The van der Waals surface area contributed by atoms with Crippen molar-refractivity contribution in [2.24, 2.45) is 0 Å². The van der Waals surface area contributed by atoms with Crippen LogP contribution in [0.15, 0.2) is 5.38 Å². The van der Waals surface area contributed by atoms with Crippen LogP contribution in [0.1, 0.15) is 21.9 Å². The van der Waals surface area contributed by atoms with E-state index >= 15 is 0 Å². The number of carbonyl (C=O) groups is 1. The van der Waals surface area contributed by atoms with Gasteiger partial charge in [0.25, 0.3) is 5.91 Å². The van der Waals surface area contributed by atoms with Crippen LogP contribution in [0.3, 0.4) is 0 Å². The van der Waals surface area contributed by atoms with Crippen molar-refractivity contribution >= 4 is 29.0 Å². The number of hydrogen-bond acceptors (Lipinski definition) is 5. The largest absolute Gasteiger partial charge is 0.380 e. The van der Waals surface area contributed by atoms with Gasteiger partial charge in [-0.25, -0.2) is 4.98 Å². The summed E-state index contributed by atoms with van der Waals surface area (Å²) in [5, 5.41) is 3.26. The molecular weight excluding hydrogens is 268 g/mol. The summed E-state index contributed by atoms with van der Waals surface area (Å²) in [6, 6.07) is 0.326. The number of ether oxygens (including phenoxy) is 1. The third-order valence-corrected chi connectivity index (χ3v) is 5.50. The number of hydrogen-bond donors (Lipinski definition) is 0. The van der Waals surface area contributed by atoms with Gasteiger partial charge in [-0.2, -0.15) is 11.8 Å².